The smallest absolute Gasteiger partial charge is 0.274 e. The number of carbonyl (C=O) groups is 1. The molecule has 0 atom stereocenters. The van der Waals surface area contributed by atoms with Crippen molar-refractivity contribution in [1.82, 2.24) is 14.9 Å². The molecule has 21 heavy (non-hydrogen) atoms. The molecule has 2 aromatic rings. The molecule has 0 aliphatic heterocycles. The molecule has 0 aliphatic rings. The highest BCUT2D eigenvalue weighted by molar-refractivity contribution is 6.33. The van der Waals surface area contributed by atoms with Crippen molar-refractivity contribution in [3.8, 4) is 0 Å². The molecular weight excluding hydrogens is 288 g/mol. The minimum Gasteiger partial charge on any atom is -0.336 e. The summed E-state index contributed by atoms with van der Waals surface area (Å²) in [6.45, 7) is 1.43. The summed E-state index contributed by atoms with van der Waals surface area (Å²) in [7, 11) is 0. The fourth-order valence-electron chi connectivity index (χ4n) is 2.00. The summed E-state index contributed by atoms with van der Waals surface area (Å²) in [5.74, 6) is -0.219. The predicted octanol–water partition coefficient (Wildman–Crippen LogP) is 1.77. The molecule has 0 bridgehead atoms. The normalized spacial score (nSPS) is 10.4. The molecule has 1 amide bonds. The molecule has 2 rings (SSSR count). The molecule has 0 saturated heterocycles. The maximum absolute atomic E-state index is 12.5. The standard InChI is InChI=1S/C15H17ClN4O/c16-13-10-18-11-19-14(13)15(21)20(9-7-17)8-6-12-4-2-1-3-5-12/h1-5,10-11H,6-9,17H2. The van der Waals surface area contributed by atoms with Crippen LogP contribution in [0, 0.1) is 0 Å². The molecule has 2 N–H and O–H groups in total. The molecule has 1 aromatic heterocycles. The van der Waals surface area contributed by atoms with Crippen LogP contribution in [0.5, 0.6) is 0 Å². The van der Waals surface area contributed by atoms with Gasteiger partial charge in [0, 0.05) is 25.8 Å². The van der Waals surface area contributed by atoms with Crippen molar-refractivity contribution in [3.63, 3.8) is 0 Å². The monoisotopic (exact) mass is 304 g/mol. The van der Waals surface area contributed by atoms with Gasteiger partial charge >= 0.3 is 0 Å². The van der Waals surface area contributed by atoms with Crippen LogP contribution in [-0.2, 0) is 6.42 Å². The average Bonchev–Trinajstić information content (AvgIpc) is 2.52. The van der Waals surface area contributed by atoms with Gasteiger partial charge in [0.1, 0.15) is 12.0 Å². The first-order chi connectivity index (χ1) is 10.2. The minimum atomic E-state index is -0.219. The Kier molecular flexibility index (Phi) is 5.66. The summed E-state index contributed by atoms with van der Waals surface area (Å²) in [6, 6.07) is 9.98. The average molecular weight is 305 g/mol. The van der Waals surface area contributed by atoms with Gasteiger partial charge < -0.3 is 10.6 Å². The molecule has 5 nitrogen and oxygen atoms in total. The third-order valence-corrected chi connectivity index (χ3v) is 3.35. The van der Waals surface area contributed by atoms with E-state index in [2.05, 4.69) is 9.97 Å². The summed E-state index contributed by atoms with van der Waals surface area (Å²) >= 11 is 5.98. The van der Waals surface area contributed by atoms with Gasteiger partial charge in [-0.25, -0.2) is 9.97 Å². The predicted molar refractivity (Wildman–Crippen MR) is 82.1 cm³/mol. The van der Waals surface area contributed by atoms with E-state index in [4.69, 9.17) is 17.3 Å². The van der Waals surface area contributed by atoms with Crippen molar-refractivity contribution in [2.75, 3.05) is 19.6 Å². The topological polar surface area (TPSA) is 72.1 Å². The largest absolute Gasteiger partial charge is 0.336 e. The number of halogens is 1. The molecule has 110 valence electrons. The van der Waals surface area contributed by atoms with Gasteiger partial charge in [-0.2, -0.15) is 0 Å². The molecule has 0 radical (unpaired) electrons. The van der Waals surface area contributed by atoms with Crippen LogP contribution in [0.15, 0.2) is 42.9 Å². The number of aromatic nitrogens is 2. The number of hydrogen-bond donors (Lipinski definition) is 1. The van der Waals surface area contributed by atoms with Crippen LogP contribution >= 0.6 is 11.6 Å². The number of carbonyl (C=O) groups excluding carboxylic acids is 1. The van der Waals surface area contributed by atoms with Gasteiger partial charge in [0.25, 0.3) is 5.91 Å². The first-order valence-corrected chi connectivity index (χ1v) is 7.09. The Balaban J connectivity index is 2.08. The summed E-state index contributed by atoms with van der Waals surface area (Å²) < 4.78 is 0. The number of benzene rings is 1. The maximum atomic E-state index is 12.5. The Bertz CT molecular complexity index is 591. The Morgan fingerprint density at radius 1 is 1.24 bits per heavy atom. The van der Waals surface area contributed by atoms with Crippen molar-refractivity contribution in [3.05, 3.63) is 59.1 Å². The third kappa shape index (κ3) is 4.24. The van der Waals surface area contributed by atoms with Gasteiger partial charge in [0.05, 0.1) is 5.02 Å². The second-order valence-corrected chi connectivity index (χ2v) is 4.94. The molecule has 1 heterocycles. The van der Waals surface area contributed by atoms with Crippen molar-refractivity contribution in [2.24, 2.45) is 5.73 Å². The SMILES string of the molecule is NCCN(CCc1ccccc1)C(=O)c1ncncc1Cl. The summed E-state index contributed by atoms with van der Waals surface area (Å²) in [5.41, 5.74) is 6.98. The van der Waals surface area contributed by atoms with E-state index >= 15 is 0 Å². The van der Waals surface area contributed by atoms with Crippen LogP contribution < -0.4 is 5.73 Å². The van der Waals surface area contributed by atoms with Crippen molar-refractivity contribution in [1.29, 1.82) is 0 Å². The molecule has 1 aromatic carbocycles. The van der Waals surface area contributed by atoms with Crippen LogP contribution in [0.2, 0.25) is 5.02 Å². The first-order valence-electron chi connectivity index (χ1n) is 6.71. The Hall–Kier alpha value is -1.98. The molecule has 0 fully saturated rings. The molecular formula is C15H17ClN4O. The van der Waals surface area contributed by atoms with E-state index in [1.165, 1.54) is 18.1 Å². The highest BCUT2D eigenvalue weighted by atomic mass is 35.5. The molecule has 0 unspecified atom stereocenters. The fourth-order valence-corrected chi connectivity index (χ4v) is 2.19. The highest BCUT2D eigenvalue weighted by Crippen LogP contribution is 2.13. The number of rotatable bonds is 6. The lowest BCUT2D eigenvalue weighted by Gasteiger charge is -2.22. The molecule has 0 spiro atoms. The lowest BCUT2D eigenvalue weighted by molar-refractivity contribution is 0.0756. The van der Waals surface area contributed by atoms with Crippen molar-refractivity contribution in [2.45, 2.75) is 6.42 Å². The third-order valence-electron chi connectivity index (χ3n) is 3.07. The van der Waals surface area contributed by atoms with Crippen LogP contribution in [-0.4, -0.2) is 40.4 Å². The number of hydrogen-bond acceptors (Lipinski definition) is 4. The van der Waals surface area contributed by atoms with Crippen LogP contribution in [0.3, 0.4) is 0 Å². The molecule has 6 heteroatoms. The number of nitrogens with two attached hydrogens (primary N) is 1. The zero-order chi connectivity index (χ0) is 15.1. The fraction of sp³-hybridized carbons (Fsp3) is 0.267. The zero-order valence-electron chi connectivity index (χ0n) is 11.6. The Morgan fingerprint density at radius 3 is 2.67 bits per heavy atom. The molecule has 0 aliphatic carbocycles. The van der Waals surface area contributed by atoms with Crippen LogP contribution in [0.25, 0.3) is 0 Å². The zero-order valence-corrected chi connectivity index (χ0v) is 12.3. The quantitative estimate of drug-likeness (QED) is 0.883. The molecule has 0 saturated carbocycles. The van der Waals surface area contributed by atoms with Gasteiger partial charge in [0.15, 0.2) is 0 Å². The van der Waals surface area contributed by atoms with Gasteiger partial charge in [-0.3, -0.25) is 4.79 Å². The van der Waals surface area contributed by atoms with Gasteiger partial charge in [-0.15, -0.1) is 0 Å². The number of amides is 1. The first kappa shape index (κ1) is 15.4. The van der Waals surface area contributed by atoms with E-state index in [1.54, 1.807) is 4.90 Å². The second kappa shape index (κ2) is 7.71. The van der Waals surface area contributed by atoms with Crippen LogP contribution in [0.1, 0.15) is 16.1 Å². The minimum absolute atomic E-state index is 0.216. The van der Waals surface area contributed by atoms with Crippen LogP contribution in [0.4, 0.5) is 0 Å². The summed E-state index contributed by atoms with van der Waals surface area (Å²) in [5, 5.41) is 0.254. The van der Waals surface area contributed by atoms with Gasteiger partial charge in [-0.1, -0.05) is 41.9 Å². The van der Waals surface area contributed by atoms with E-state index in [0.29, 0.717) is 19.6 Å². The van der Waals surface area contributed by atoms with E-state index in [1.807, 2.05) is 30.3 Å². The Morgan fingerprint density at radius 2 is 2.00 bits per heavy atom. The second-order valence-electron chi connectivity index (χ2n) is 4.54. The van der Waals surface area contributed by atoms with Crippen molar-refractivity contribution < 1.29 is 4.79 Å². The highest BCUT2D eigenvalue weighted by Gasteiger charge is 2.19. The lowest BCUT2D eigenvalue weighted by Crippen LogP contribution is -2.37. The summed E-state index contributed by atoms with van der Waals surface area (Å²) in [4.78, 5) is 21.9. The Labute approximate surface area is 128 Å². The van der Waals surface area contributed by atoms with E-state index < -0.39 is 0 Å². The summed E-state index contributed by atoms with van der Waals surface area (Å²) in [6.07, 6.45) is 3.49. The van der Waals surface area contributed by atoms with E-state index in [0.717, 1.165) is 6.42 Å². The number of nitrogens with zero attached hydrogens (tertiary/aromatic N) is 3. The van der Waals surface area contributed by atoms with Crippen molar-refractivity contribution >= 4 is 17.5 Å². The lowest BCUT2D eigenvalue weighted by atomic mass is 10.1. The van der Waals surface area contributed by atoms with Gasteiger partial charge in [-0.05, 0) is 12.0 Å². The van der Waals surface area contributed by atoms with E-state index in [9.17, 15) is 4.79 Å². The van der Waals surface area contributed by atoms with E-state index in [-0.39, 0.29) is 16.6 Å². The maximum Gasteiger partial charge on any atom is 0.274 e. The van der Waals surface area contributed by atoms with Gasteiger partial charge in [0.2, 0.25) is 0 Å².